The van der Waals surface area contributed by atoms with Crippen LogP contribution in [0.15, 0.2) is 12.1 Å². The first-order valence-electron chi connectivity index (χ1n) is 4.38. The first-order chi connectivity index (χ1) is 6.93. The van der Waals surface area contributed by atoms with E-state index in [4.69, 9.17) is 22.4 Å². The van der Waals surface area contributed by atoms with Crippen LogP contribution in [0.3, 0.4) is 0 Å². The summed E-state index contributed by atoms with van der Waals surface area (Å²) in [4.78, 5) is 10.6. The van der Waals surface area contributed by atoms with Crippen molar-refractivity contribution in [3.05, 3.63) is 28.3 Å². The highest BCUT2D eigenvalue weighted by atomic mass is 35.5. The molecule has 0 aliphatic heterocycles. The lowest BCUT2D eigenvalue weighted by Crippen LogP contribution is -2.32. The Bertz CT molecular complexity index is 392. The molecule has 1 rings (SSSR count). The van der Waals surface area contributed by atoms with E-state index in [1.54, 1.807) is 13.0 Å². The number of halogens is 1. The second kappa shape index (κ2) is 4.51. The highest BCUT2D eigenvalue weighted by Gasteiger charge is 2.17. The highest BCUT2D eigenvalue weighted by Crippen LogP contribution is 2.27. The van der Waals surface area contributed by atoms with Gasteiger partial charge in [0, 0.05) is 17.0 Å². The molecule has 0 saturated heterocycles. The number of aliphatic carboxylic acids is 1. The molecular weight excluding hydrogens is 218 g/mol. The van der Waals surface area contributed by atoms with Gasteiger partial charge < -0.3 is 15.9 Å². The van der Waals surface area contributed by atoms with Crippen molar-refractivity contribution in [3.8, 4) is 5.75 Å². The number of phenolic OH excluding ortho intramolecular Hbond substituents is 1. The average Bonchev–Trinajstić information content (AvgIpc) is 2.18. The van der Waals surface area contributed by atoms with Gasteiger partial charge in [-0.3, -0.25) is 4.79 Å². The molecule has 1 atom stereocenters. The quantitative estimate of drug-likeness (QED) is 0.730. The summed E-state index contributed by atoms with van der Waals surface area (Å²) in [6.45, 7) is 1.71. The van der Waals surface area contributed by atoms with Crippen LogP contribution in [0.4, 0.5) is 0 Å². The number of rotatable bonds is 3. The van der Waals surface area contributed by atoms with E-state index in [2.05, 4.69) is 0 Å². The maximum Gasteiger partial charge on any atom is 0.320 e. The molecule has 4 nitrogen and oxygen atoms in total. The number of carboxylic acid groups (broad SMARTS) is 1. The van der Waals surface area contributed by atoms with Crippen LogP contribution >= 0.6 is 11.6 Å². The first-order valence-corrected chi connectivity index (χ1v) is 4.76. The Balaban J connectivity index is 3.03. The van der Waals surface area contributed by atoms with Crippen LogP contribution in [0.2, 0.25) is 5.02 Å². The molecule has 15 heavy (non-hydrogen) atoms. The number of aromatic hydroxyl groups is 1. The van der Waals surface area contributed by atoms with Gasteiger partial charge in [-0.05, 0) is 24.6 Å². The molecule has 1 aromatic carbocycles. The van der Waals surface area contributed by atoms with Crippen molar-refractivity contribution < 1.29 is 15.0 Å². The van der Waals surface area contributed by atoms with Crippen molar-refractivity contribution in [1.29, 1.82) is 0 Å². The van der Waals surface area contributed by atoms with Gasteiger partial charge in [-0.15, -0.1) is 0 Å². The second-order valence-electron chi connectivity index (χ2n) is 3.32. The lowest BCUT2D eigenvalue weighted by molar-refractivity contribution is -0.138. The van der Waals surface area contributed by atoms with Crippen LogP contribution in [0.1, 0.15) is 11.1 Å². The van der Waals surface area contributed by atoms with Crippen molar-refractivity contribution in [2.24, 2.45) is 5.73 Å². The minimum Gasteiger partial charge on any atom is -0.508 e. The molecule has 0 aliphatic rings. The molecule has 1 aromatic rings. The normalized spacial score (nSPS) is 12.5. The summed E-state index contributed by atoms with van der Waals surface area (Å²) in [6, 6.07) is 1.95. The zero-order valence-electron chi connectivity index (χ0n) is 8.20. The number of nitrogens with two attached hydrogens (primary N) is 1. The molecule has 0 spiro atoms. The number of carboxylic acids is 1. The Morgan fingerprint density at radius 1 is 1.60 bits per heavy atom. The maximum absolute atomic E-state index is 10.6. The highest BCUT2D eigenvalue weighted by molar-refractivity contribution is 6.31. The van der Waals surface area contributed by atoms with Gasteiger partial charge in [0.1, 0.15) is 11.8 Å². The molecule has 0 heterocycles. The van der Waals surface area contributed by atoms with Crippen molar-refractivity contribution in [3.63, 3.8) is 0 Å². The third-order valence-corrected chi connectivity index (χ3v) is 2.66. The lowest BCUT2D eigenvalue weighted by atomic mass is 10.0. The molecule has 1 unspecified atom stereocenters. The minimum atomic E-state index is -1.10. The van der Waals surface area contributed by atoms with Crippen LogP contribution < -0.4 is 5.73 Å². The summed E-state index contributed by atoms with van der Waals surface area (Å²) in [5.41, 5.74) is 6.53. The van der Waals surface area contributed by atoms with Crippen LogP contribution in [-0.4, -0.2) is 22.2 Å². The Morgan fingerprint density at radius 3 is 2.73 bits per heavy atom. The monoisotopic (exact) mass is 229 g/mol. The fourth-order valence-electron chi connectivity index (χ4n) is 1.28. The van der Waals surface area contributed by atoms with Crippen LogP contribution in [0.25, 0.3) is 0 Å². The predicted molar refractivity (Wildman–Crippen MR) is 57.2 cm³/mol. The zero-order chi connectivity index (χ0) is 11.6. The molecule has 0 fully saturated rings. The number of phenols is 1. The van der Waals surface area contributed by atoms with E-state index in [1.165, 1.54) is 6.07 Å². The van der Waals surface area contributed by atoms with Gasteiger partial charge in [-0.1, -0.05) is 11.6 Å². The van der Waals surface area contributed by atoms with E-state index < -0.39 is 12.0 Å². The third-order valence-electron chi connectivity index (χ3n) is 2.25. The molecule has 0 bridgehead atoms. The minimum absolute atomic E-state index is 0.0219. The molecule has 0 aromatic heterocycles. The fourth-order valence-corrected chi connectivity index (χ4v) is 1.46. The van der Waals surface area contributed by atoms with Gasteiger partial charge in [-0.2, -0.15) is 0 Å². The number of hydrogen-bond acceptors (Lipinski definition) is 3. The van der Waals surface area contributed by atoms with E-state index in [0.29, 0.717) is 16.1 Å². The van der Waals surface area contributed by atoms with Crippen molar-refractivity contribution in [1.82, 2.24) is 0 Å². The Morgan fingerprint density at radius 2 is 2.20 bits per heavy atom. The summed E-state index contributed by atoms with van der Waals surface area (Å²) >= 11 is 5.85. The van der Waals surface area contributed by atoms with E-state index in [0.717, 1.165) is 0 Å². The van der Waals surface area contributed by atoms with E-state index in [1.807, 2.05) is 0 Å². The Hall–Kier alpha value is -1.26. The van der Waals surface area contributed by atoms with Gasteiger partial charge in [0.15, 0.2) is 0 Å². The molecule has 0 saturated carbocycles. The first kappa shape index (κ1) is 11.8. The summed E-state index contributed by atoms with van der Waals surface area (Å²) < 4.78 is 0. The molecule has 0 amide bonds. The SMILES string of the molecule is Cc1c(Cl)ccc(O)c1CC(N)C(=O)O. The van der Waals surface area contributed by atoms with Crippen molar-refractivity contribution in [2.75, 3.05) is 0 Å². The lowest BCUT2D eigenvalue weighted by Gasteiger charge is -2.12. The molecular formula is C10H12ClNO3. The van der Waals surface area contributed by atoms with Gasteiger partial charge >= 0.3 is 5.97 Å². The van der Waals surface area contributed by atoms with E-state index >= 15 is 0 Å². The van der Waals surface area contributed by atoms with Crippen LogP contribution in [-0.2, 0) is 11.2 Å². The summed E-state index contributed by atoms with van der Waals surface area (Å²) in [6.07, 6.45) is 0.0631. The molecule has 0 radical (unpaired) electrons. The van der Waals surface area contributed by atoms with Gasteiger partial charge in [0.25, 0.3) is 0 Å². The van der Waals surface area contributed by atoms with Crippen LogP contribution in [0.5, 0.6) is 5.75 Å². The summed E-state index contributed by atoms with van der Waals surface area (Å²) in [5.74, 6) is -1.08. The van der Waals surface area contributed by atoms with E-state index in [9.17, 15) is 9.90 Å². The molecule has 0 aliphatic carbocycles. The number of carbonyl (C=O) groups is 1. The van der Waals surface area contributed by atoms with Gasteiger partial charge in [-0.25, -0.2) is 0 Å². The third kappa shape index (κ3) is 2.61. The van der Waals surface area contributed by atoms with Crippen molar-refractivity contribution in [2.45, 2.75) is 19.4 Å². The van der Waals surface area contributed by atoms with Gasteiger partial charge in [0.05, 0.1) is 0 Å². The Kier molecular flexibility index (Phi) is 3.55. The largest absolute Gasteiger partial charge is 0.508 e. The average molecular weight is 230 g/mol. The van der Waals surface area contributed by atoms with Crippen molar-refractivity contribution >= 4 is 17.6 Å². The summed E-state index contributed by atoms with van der Waals surface area (Å²) in [5, 5.41) is 18.7. The number of benzene rings is 1. The van der Waals surface area contributed by atoms with Crippen LogP contribution in [0, 0.1) is 6.92 Å². The summed E-state index contributed by atoms with van der Waals surface area (Å²) in [7, 11) is 0. The smallest absolute Gasteiger partial charge is 0.320 e. The topological polar surface area (TPSA) is 83.5 Å². The predicted octanol–water partition coefficient (Wildman–Crippen LogP) is 1.31. The maximum atomic E-state index is 10.6. The number of hydrogen-bond donors (Lipinski definition) is 3. The Labute approximate surface area is 92.3 Å². The standard InChI is InChI=1S/C10H12ClNO3/c1-5-6(4-8(12)10(14)15)9(13)3-2-7(5)11/h2-3,8,13H,4,12H2,1H3,(H,14,15). The molecule has 82 valence electrons. The fraction of sp³-hybridized carbons (Fsp3) is 0.300. The van der Waals surface area contributed by atoms with E-state index in [-0.39, 0.29) is 12.2 Å². The second-order valence-corrected chi connectivity index (χ2v) is 3.73. The van der Waals surface area contributed by atoms with Gasteiger partial charge in [0.2, 0.25) is 0 Å². The molecule has 5 heteroatoms. The molecule has 4 N–H and O–H groups in total. The zero-order valence-corrected chi connectivity index (χ0v) is 8.95.